The van der Waals surface area contributed by atoms with Crippen LogP contribution in [0.15, 0.2) is 46.3 Å². The van der Waals surface area contributed by atoms with E-state index in [4.69, 9.17) is 9.47 Å². The van der Waals surface area contributed by atoms with E-state index in [2.05, 4.69) is 72.0 Å². The Hall–Kier alpha value is -2.02. The molecule has 0 aromatic rings. The number of nitrogens with one attached hydrogen (secondary N) is 1. The maximum absolute atomic E-state index is 13.6. The van der Waals surface area contributed by atoms with Crippen molar-refractivity contribution in [2.24, 2.45) is 45.3 Å². The second-order valence-electron chi connectivity index (χ2n) is 17.7. The Morgan fingerprint density at radius 2 is 1.80 bits per heavy atom. The summed E-state index contributed by atoms with van der Waals surface area (Å²) in [6, 6.07) is 0. The van der Waals surface area contributed by atoms with Gasteiger partial charge in [-0.25, -0.2) is 0 Å². The molecule has 3 saturated carbocycles. The molecule has 3 fully saturated rings. The zero-order valence-corrected chi connectivity index (χ0v) is 32.4. The highest BCUT2D eigenvalue weighted by molar-refractivity contribution is 5.83. The molecule has 50 heavy (non-hydrogen) atoms. The Balaban J connectivity index is 1.58. The third-order valence-corrected chi connectivity index (χ3v) is 15.8. The number of rotatable bonds is 16. The molecule has 0 saturated heterocycles. The Morgan fingerprint density at radius 1 is 1.02 bits per heavy atom. The fraction of sp³-hybridized carbons (Fsp3) is 0.773. The molecule has 278 valence electrons. The van der Waals surface area contributed by atoms with Gasteiger partial charge in [-0.3, -0.25) is 4.79 Å². The summed E-state index contributed by atoms with van der Waals surface area (Å²) in [5, 5.41) is 12.5. The van der Waals surface area contributed by atoms with Gasteiger partial charge in [0, 0.05) is 36.1 Å². The van der Waals surface area contributed by atoms with Crippen molar-refractivity contribution in [1.82, 2.24) is 5.32 Å². The number of aldehydes is 2. The van der Waals surface area contributed by atoms with E-state index in [1.165, 1.54) is 37.7 Å². The summed E-state index contributed by atoms with van der Waals surface area (Å²) >= 11 is 0. The van der Waals surface area contributed by atoms with Crippen LogP contribution in [0.25, 0.3) is 0 Å². The highest BCUT2D eigenvalue weighted by Gasteiger charge is 2.87. The Labute approximate surface area is 303 Å². The van der Waals surface area contributed by atoms with E-state index in [1.807, 2.05) is 0 Å². The van der Waals surface area contributed by atoms with Crippen LogP contribution in [0.4, 0.5) is 0 Å². The summed E-state index contributed by atoms with van der Waals surface area (Å²) in [4.78, 5) is 27.0. The molecule has 2 bridgehead atoms. The molecule has 6 aliphatic rings. The van der Waals surface area contributed by atoms with Crippen molar-refractivity contribution in [3.05, 3.63) is 46.3 Å². The smallest absolute Gasteiger partial charge is 0.148 e. The van der Waals surface area contributed by atoms with Gasteiger partial charge < -0.3 is 24.7 Å². The average Bonchev–Trinajstić information content (AvgIpc) is 3.36. The third kappa shape index (κ3) is 5.34. The molecule has 1 heterocycles. The summed E-state index contributed by atoms with van der Waals surface area (Å²) < 4.78 is 14.5. The van der Waals surface area contributed by atoms with E-state index in [1.54, 1.807) is 0 Å². The van der Waals surface area contributed by atoms with Gasteiger partial charge in [0.15, 0.2) is 0 Å². The number of hydrogen-bond donors (Lipinski definition) is 2. The quantitative estimate of drug-likeness (QED) is 0.124. The maximum Gasteiger partial charge on any atom is 0.148 e. The second-order valence-corrected chi connectivity index (χ2v) is 17.7. The van der Waals surface area contributed by atoms with Crippen LogP contribution in [0, 0.1) is 45.3 Å². The molecule has 6 heteroatoms. The molecule has 6 rings (SSSR count). The van der Waals surface area contributed by atoms with Crippen LogP contribution in [-0.2, 0) is 19.1 Å². The van der Waals surface area contributed by atoms with Crippen molar-refractivity contribution in [2.75, 3.05) is 26.3 Å². The van der Waals surface area contributed by atoms with Gasteiger partial charge >= 0.3 is 0 Å². The van der Waals surface area contributed by atoms with Crippen molar-refractivity contribution in [2.45, 2.75) is 144 Å². The molecule has 0 radical (unpaired) electrons. The van der Waals surface area contributed by atoms with Crippen molar-refractivity contribution >= 4 is 12.6 Å². The minimum Gasteiger partial charge on any atom is -0.490 e. The van der Waals surface area contributed by atoms with Gasteiger partial charge in [-0.1, -0.05) is 92.4 Å². The Bertz CT molecular complexity index is 1420. The molecule has 1 aliphatic heterocycles. The van der Waals surface area contributed by atoms with E-state index < -0.39 is 17.6 Å². The molecule has 2 N–H and O–H groups in total. The third-order valence-electron chi connectivity index (χ3n) is 15.8. The zero-order valence-electron chi connectivity index (χ0n) is 32.4. The van der Waals surface area contributed by atoms with Crippen molar-refractivity contribution < 1.29 is 24.2 Å². The first-order chi connectivity index (χ1) is 24.0. The van der Waals surface area contributed by atoms with Crippen LogP contribution in [0.2, 0.25) is 0 Å². The monoisotopic (exact) mass is 690 g/mol. The SMILES string of the molecule is CCCCCCCC1=C(C=O)C(OCCNCCO)C(C=O)C2=C1[C@H](C1=CCCC=C1)[C@@]1(C)CC[C@@]3(O2)C1[C@]1(C)C(C)(C)C1(CC)CC[C@@H]3C. The van der Waals surface area contributed by atoms with Crippen LogP contribution >= 0.6 is 0 Å². The first-order valence-electron chi connectivity index (χ1n) is 20.4. The van der Waals surface area contributed by atoms with Gasteiger partial charge in [-0.2, -0.15) is 0 Å². The Kier molecular flexibility index (Phi) is 10.9. The summed E-state index contributed by atoms with van der Waals surface area (Å²) in [7, 11) is 0. The lowest BCUT2D eigenvalue weighted by atomic mass is 9.54. The number of allylic oxidation sites excluding steroid dienone is 6. The van der Waals surface area contributed by atoms with Crippen LogP contribution in [0.1, 0.15) is 132 Å². The lowest BCUT2D eigenvalue weighted by molar-refractivity contribution is -0.133. The molecule has 6 nitrogen and oxygen atoms in total. The molecule has 9 atom stereocenters. The topological polar surface area (TPSA) is 84.9 Å². The van der Waals surface area contributed by atoms with Gasteiger partial charge in [0.05, 0.1) is 13.2 Å². The van der Waals surface area contributed by atoms with Gasteiger partial charge in [-0.05, 0) is 96.5 Å². The van der Waals surface area contributed by atoms with Crippen LogP contribution in [-0.4, -0.2) is 55.7 Å². The van der Waals surface area contributed by atoms with E-state index in [0.29, 0.717) is 37.1 Å². The van der Waals surface area contributed by atoms with Crippen molar-refractivity contribution in [3.63, 3.8) is 0 Å². The number of fused-ring (bicyclic) bond motifs is 1. The molecular formula is C44H67NO5. The molecule has 0 amide bonds. The number of unbranched alkanes of at least 4 members (excludes halogenated alkanes) is 4. The predicted molar refractivity (Wildman–Crippen MR) is 200 cm³/mol. The summed E-state index contributed by atoms with van der Waals surface area (Å²) in [5.74, 6) is 0.781. The number of ether oxygens (including phenoxy) is 2. The van der Waals surface area contributed by atoms with Crippen molar-refractivity contribution in [1.29, 1.82) is 0 Å². The first kappa shape index (κ1) is 37.7. The summed E-state index contributed by atoms with van der Waals surface area (Å²) in [6.07, 6.45) is 22.6. The number of carbonyl (C=O) groups excluding carboxylic acids is 2. The molecule has 5 aliphatic carbocycles. The zero-order chi connectivity index (χ0) is 36.0. The van der Waals surface area contributed by atoms with E-state index in [-0.39, 0.29) is 34.2 Å². The summed E-state index contributed by atoms with van der Waals surface area (Å²) in [5.41, 5.74) is 4.16. The lowest BCUT2D eigenvalue weighted by Crippen LogP contribution is -2.51. The normalized spacial score (nSPS) is 39.8. The van der Waals surface area contributed by atoms with Gasteiger partial charge in [0.2, 0.25) is 0 Å². The van der Waals surface area contributed by atoms with Crippen molar-refractivity contribution in [3.8, 4) is 0 Å². The van der Waals surface area contributed by atoms with Gasteiger partial charge in [0.1, 0.15) is 36.0 Å². The predicted octanol–water partition coefficient (Wildman–Crippen LogP) is 8.84. The molecular weight excluding hydrogens is 622 g/mol. The second kappa shape index (κ2) is 14.4. The number of aliphatic hydroxyl groups is 1. The van der Waals surface area contributed by atoms with E-state index >= 15 is 0 Å². The first-order valence-corrected chi connectivity index (χ1v) is 20.4. The highest BCUT2D eigenvalue weighted by Crippen LogP contribution is 2.90. The minimum absolute atomic E-state index is 0.0340. The Morgan fingerprint density at radius 3 is 2.46 bits per heavy atom. The van der Waals surface area contributed by atoms with Gasteiger partial charge in [-0.15, -0.1) is 0 Å². The lowest BCUT2D eigenvalue weighted by Gasteiger charge is -2.50. The minimum atomic E-state index is -0.690. The summed E-state index contributed by atoms with van der Waals surface area (Å²) in [6.45, 7) is 18.7. The molecule has 4 unspecified atom stereocenters. The number of aliphatic hydroxyl groups excluding tert-OH is 1. The van der Waals surface area contributed by atoms with Crippen LogP contribution in [0.3, 0.4) is 0 Å². The largest absolute Gasteiger partial charge is 0.490 e. The fourth-order valence-corrected chi connectivity index (χ4v) is 13.2. The van der Waals surface area contributed by atoms with Crippen LogP contribution in [0.5, 0.6) is 0 Å². The average molecular weight is 690 g/mol. The number of hydrogen-bond acceptors (Lipinski definition) is 6. The fourth-order valence-electron chi connectivity index (χ4n) is 13.2. The van der Waals surface area contributed by atoms with Crippen LogP contribution < -0.4 is 5.32 Å². The molecule has 0 aromatic heterocycles. The van der Waals surface area contributed by atoms with Gasteiger partial charge in [0.25, 0.3) is 0 Å². The number of carbonyl (C=O) groups is 2. The standard InChI is InChI=1S/C44H67NO5/c1-8-10-11-12-16-19-32-33(28-47)37(49-27-25-45-24-26-46)34(29-48)38-35(32)36(31-17-14-13-15-18-31)41(6)22-23-44(50-38)30(3)20-21-43(9-2)40(4,5)42(43,7)39(41)44/h14,17-18,28-30,34,36-37,39,45-46H,8-13,15-16,19-27H2,1-7H3/t30-,34?,36-,37?,39?,41+,42+,43?,44-/m0/s1. The highest BCUT2D eigenvalue weighted by atomic mass is 16.5. The van der Waals surface area contributed by atoms with E-state index in [9.17, 15) is 14.7 Å². The molecule has 0 aromatic carbocycles. The maximum atomic E-state index is 13.6. The molecule has 0 spiro atoms. The van der Waals surface area contributed by atoms with E-state index in [0.717, 1.165) is 80.8 Å².